The van der Waals surface area contributed by atoms with Crippen LogP contribution in [0.3, 0.4) is 0 Å². The molecule has 0 aromatic heterocycles. The van der Waals surface area contributed by atoms with Gasteiger partial charge in [0.15, 0.2) is 12.7 Å². The Labute approximate surface area is 93.6 Å². The minimum absolute atomic E-state index is 0. The van der Waals surface area contributed by atoms with Crippen LogP contribution in [0, 0.1) is 0 Å². The van der Waals surface area contributed by atoms with Crippen LogP contribution in [0.15, 0.2) is 5.10 Å². The summed E-state index contributed by atoms with van der Waals surface area (Å²) >= 11 is 4.40. The molecule has 3 N–H and O–H groups in total. The van der Waals surface area contributed by atoms with Gasteiger partial charge in [0.2, 0.25) is 0 Å². The van der Waals surface area contributed by atoms with Gasteiger partial charge in [-0.25, -0.2) is 0 Å². The molecule has 6 nitrogen and oxygen atoms in total. The van der Waals surface area contributed by atoms with E-state index in [4.69, 9.17) is 5.73 Å². The molecule has 13 heavy (non-hydrogen) atoms. The first-order valence-electron chi connectivity index (χ1n) is 2.87. The summed E-state index contributed by atoms with van der Waals surface area (Å²) in [7, 11) is -2.95. The largest absolute Gasteiger partial charge is 1.00 e. The minimum atomic E-state index is -4.00. The van der Waals surface area contributed by atoms with Crippen molar-refractivity contribution in [1.82, 2.24) is 5.43 Å². The van der Waals surface area contributed by atoms with Crippen molar-refractivity contribution in [2.75, 3.05) is 7.11 Å². The molecule has 0 aromatic carbocycles. The molecule has 0 aliphatic heterocycles. The average molecular weight is 217 g/mol. The Morgan fingerprint density at radius 1 is 1.77 bits per heavy atom. The molecule has 0 rings (SSSR count). The second kappa shape index (κ2) is 6.54. The Morgan fingerprint density at radius 3 is 2.54 bits per heavy atom. The Morgan fingerprint density at radius 2 is 2.23 bits per heavy atom. The van der Waals surface area contributed by atoms with E-state index in [9.17, 15) is 9.46 Å². The molecule has 0 saturated carbocycles. The first-order valence-corrected chi connectivity index (χ1v) is 4.82. The van der Waals surface area contributed by atoms with Crippen LogP contribution < -0.4 is 34.9 Å². The summed E-state index contributed by atoms with van der Waals surface area (Å²) in [6, 6.07) is 0. The maximum absolute atomic E-state index is 10.9. The summed E-state index contributed by atoms with van der Waals surface area (Å²) in [6.45, 7) is 1.27. The predicted molar refractivity (Wildman–Crippen MR) is 47.6 cm³/mol. The van der Waals surface area contributed by atoms with Crippen molar-refractivity contribution in [1.29, 1.82) is 0 Å². The summed E-state index contributed by atoms with van der Waals surface area (Å²) in [5.41, 5.74) is 6.93. The molecule has 0 spiro atoms. The second-order valence-corrected chi connectivity index (χ2v) is 4.26. The fraction of sp³-hybridized carbons (Fsp3) is 0.500. The third-order valence-corrected chi connectivity index (χ3v) is 2.43. The van der Waals surface area contributed by atoms with Gasteiger partial charge in [0.05, 0.1) is 0 Å². The Hall–Kier alpha value is 0.107. The first kappa shape index (κ1) is 15.6. The molecule has 70 valence electrons. The molecule has 0 heterocycles. The van der Waals surface area contributed by atoms with Crippen molar-refractivity contribution in [2.45, 2.75) is 6.92 Å². The zero-order chi connectivity index (χ0) is 9.78. The summed E-state index contributed by atoms with van der Waals surface area (Å²) in [5, 5.41) is 3.26. The summed E-state index contributed by atoms with van der Waals surface area (Å²) in [4.78, 5) is 10.9. The van der Waals surface area contributed by atoms with Gasteiger partial charge in [-0.2, -0.15) is 5.10 Å². The molecule has 0 aliphatic rings. The zero-order valence-corrected chi connectivity index (χ0v) is 9.32. The number of nitrogens with two attached hydrogens (primary N) is 1. The van der Waals surface area contributed by atoms with E-state index in [-0.39, 0.29) is 29.4 Å². The van der Waals surface area contributed by atoms with Gasteiger partial charge >= 0.3 is 18.9 Å². The molecule has 0 saturated heterocycles. The van der Waals surface area contributed by atoms with E-state index in [1.165, 1.54) is 6.92 Å². The SMILES string of the molecule is COP(=O)([O-])/C(C)=N/NC(N)=S.[Li+]. The average Bonchev–Trinajstić information content (AvgIpc) is 2.00. The molecular formula is C4H9LiN3O3PS. The van der Waals surface area contributed by atoms with Crippen molar-refractivity contribution >= 4 is 30.4 Å². The molecule has 0 aliphatic carbocycles. The molecule has 0 aromatic rings. The van der Waals surface area contributed by atoms with Gasteiger partial charge in [-0.05, 0) is 19.1 Å². The number of nitrogens with one attached hydrogen (secondary N) is 1. The van der Waals surface area contributed by atoms with Crippen LogP contribution in [0.2, 0.25) is 0 Å². The summed E-state index contributed by atoms with van der Waals surface area (Å²) in [5.74, 6) is 0. The number of hydrogen-bond acceptors (Lipinski definition) is 5. The van der Waals surface area contributed by atoms with Crippen molar-refractivity contribution in [2.24, 2.45) is 10.8 Å². The van der Waals surface area contributed by atoms with Crippen molar-refractivity contribution in [3.05, 3.63) is 0 Å². The standard InChI is InChI=1S/C4H10N3O3PS.Li/c1-3(6-7-4(5)12)11(8,9)10-2;/h1-2H3,(H,8,9)(H3,5,7,12);/q;+1/p-1/b6-3+;. The van der Waals surface area contributed by atoms with Gasteiger partial charge in [0, 0.05) is 7.11 Å². The molecule has 1 atom stereocenters. The van der Waals surface area contributed by atoms with E-state index in [1.807, 2.05) is 0 Å². The van der Waals surface area contributed by atoms with Crippen LogP contribution in [0.1, 0.15) is 6.92 Å². The van der Waals surface area contributed by atoms with Crippen LogP contribution in [0.25, 0.3) is 0 Å². The van der Waals surface area contributed by atoms with Gasteiger partial charge < -0.3 is 19.7 Å². The topological polar surface area (TPSA) is 99.8 Å². The fourth-order valence-corrected chi connectivity index (χ4v) is 0.812. The summed E-state index contributed by atoms with van der Waals surface area (Å²) in [6.07, 6.45) is 0. The normalized spacial score (nSPS) is 15.5. The Kier molecular flexibility index (Phi) is 7.84. The molecule has 9 heteroatoms. The minimum Gasteiger partial charge on any atom is -0.774 e. The first-order chi connectivity index (χ1) is 5.40. The van der Waals surface area contributed by atoms with Crippen LogP contribution in [0.5, 0.6) is 0 Å². The number of thiocarbonyl (C=S) groups is 1. The quantitative estimate of drug-likeness (QED) is 0.166. The number of nitrogens with zero attached hydrogens (tertiary/aromatic N) is 1. The number of rotatable bonds is 3. The molecule has 0 fully saturated rings. The maximum atomic E-state index is 10.9. The predicted octanol–water partition coefficient (Wildman–Crippen LogP) is -3.64. The van der Waals surface area contributed by atoms with E-state index in [0.29, 0.717) is 0 Å². The second-order valence-electron chi connectivity index (χ2n) is 1.82. The van der Waals surface area contributed by atoms with Crippen LogP contribution >= 0.6 is 19.8 Å². The maximum Gasteiger partial charge on any atom is 1.00 e. The van der Waals surface area contributed by atoms with Crippen LogP contribution in [-0.2, 0) is 9.09 Å². The molecule has 0 radical (unpaired) electrons. The Bertz CT molecular complexity index is 259. The van der Waals surface area contributed by atoms with Gasteiger partial charge in [0.25, 0.3) is 0 Å². The van der Waals surface area contributed by atoms with E-state index in [2.05, 4.69) is 27.3 Å². The van der Waals surface area contributed by atoms with Crippen molar-refractivity contribution in [3.8, 4) is 0 Å². The number of hydrogen-bond donors (Lipinski definition) is 2. The van der Waals surface area contributed by atoms with Crippen LogP contribution in [0.4, 0.5) is 0 Å². The fourth-order valence-electron chi connectivity index (χ4n) is 0.329. The monoisotopic (exact) mass is 217 g/mol. The van der Waals surface area contributed by atoms with Crippen molar-refractivity contribution < 1.29 is 32.8 Å². The van der Waals surface area contributed by atoms with E-state index < -0.39 is 7.60 Å². The van der Waals surface area contributed by atoms with Gasteiger partial charge in [-0.1, -0.05) is 0 Å². The van der Waals surface area contributed by atoms with Gasteiger partial charge in [-0.3, -0.25) is 5.43 Å². The summed E-state index contributed by atoms with van der Waals surface area (Å²) < 4.78 is 15.0. The van der Waals surface area contributed by atoms with E-state index >= 15 is 0 Å². The molecule has 0 bridgehead atoms. The van der Waals surface area contributed by atoms with Crippen molar-refractivity contribution in [3.63, 3.8) is 0 Å². The molecule has 1 unspecified atom stereocenters. The third-order valence-electron chi connectivity index (χ3n) is 0.965. The Balaban J connectivity index is 0. The van der Waals surface area contributed by atoms with E-state index in [1.54, 1.807) is 0 Å². The molecular weight excluding hydrogens is 208 g/mol. The van der Waals surface area contributed by atoms with E-state index in [0.717, 1.165) is 7.11 Å². The van der Waals surface area contributed by atoms with Crippen LogP contribution in [-0.4, -0.2) is 17.7 Å². The third kappa shape index (κ3) is 6.21. The zero-order valence-electron chi connectivity index (χ0n) is 7.60. The number of hydrazone groups is 1. The smallest absolute Gasteiger partial charge is 0.774 e. The van der Waals surface area contributed by atoms with Gasteiger partial charge in [-0.15, -0.1) is 0 Å². The van der Waals surface area contributed by atoms with Gasteiger partial charge in [0.1, 0.15) is 5.45 Å². The molecule has 0 amide bonds.